The van der Waals surface area contributed by atoms with E-state index in [0.717, 1.165) is 11.8 Å². The van der Waals surface area contributed by atoms with E-state index < -0.39 is 5.97 Å². The first-order chi connectivity index (χ1) is 13.3. The normalized spacial score (nSPS) is 16.5. The molecule has 0 spiro atoms. The lowest BCUT2D eigenvalue weighted by molar-refractivity contribution is -0.143. The summed E-state index contributed by atoms with van der Waals surface area (Å²) < 4.78 is 16.5. The van der Waals surface area contributed by atoms with Crippen molar-refractivity contribution in [1.29, 1.82) is 0 Å². The lowest BCUT2D eigenvalue weighted by Gasteiger charge is -2.19. The molecular weight excluding hydrogens is 497 g/mol. The Morgan fingerprint density at radius 2 is 2.00 bits per heavy atom. The Balaban J connectivity index is 2.34. The monoisotopic (exact) mass is 519 g/mol. The van der Waals surface area contributed by atoms with Crippen LogP contribution < -0.4 is 9.47 Å². The molecule has 28 heavy (non-hydrogen) atoms. The van der Waals surface area contributed by atoms with Gasteiger partial charge in [-0.2, -0.15) is 0 Å². The highest BCUT2D eigenvalue weighted by atomic mass is 127. The summed E-state index contributed by atoms with van der Waals surface area (Å²) in [7, 11) is 1.29. The molecule has 1 saturated heterocycles. The van der Waals surface area contributed by atoms with Gasteiger partial charge in [-0.15, -0.1) is 0 Å². The highest BCUT2D eigenvalue weighted by Crippen LogP contribution is 2.38. The molecule has 0 aliphatic carbocycles. The van der Waals surface area contributed by atoms with Crippen LogP contribution in [0, 0.1) is 3.57 Å². The average Bonchev–Trinajstić information content (AvgIpc) is 2.93. The Hall–Kier alpha value is -1.75. The zero-order valence-corrected chi connectivity index (χ0v) is 19.1. The maximum absolute atomic E-state index is 12.6. The number of thioether (sulfide) groups is 1. The predicted octanol–water partition coefficient (Wildman–Crippen LogP) is 4.08. The van der Waals surface area contributed by atoms with Gasteiger partial charge < -0.3 is 14.2 Å². The van der Waals surface area contributed by atoms with E-state index in [1.165, 1.54) is 12.0 Å². The van der Waals surface area contributed by atoms with Crippen molar-refractivity contribution in [2.75, 3.05) is 20.3 Å². The average molecular weight is 519 g/mol. The molecule has 0 N–H and O–H groups in total. The Labute approximate surface area is 181 Å². The number of halogens is 1. The van der Waals surface area contributed by atoms with E-state index in [-0.39, 0.29) is 23.8 Å². The number of hydrogen-bond donors (Lipinski definition) is 0. The summed E-state index contributed by atoms with van der Waals surface area (Å²) in [5.74, 6) is 0.0906. The predicted molar refractivity (Wildman–Crippen MR) is 115 cm³/mol. The largest absolute Gasteiger partial charge is 0.490 e. The van der Waals surface area contributed by atoms with Crippen LogP contribution in [0.15, 0.2) is 17.0 Å². The minimum absolute atomic E-state index is 0.147. The van der Waals surface area contributed by atoms with E-state index in [4.69, 9.17) is 9.47 Å². The van der Waals surface area contributed by atoms with Crippen molar-refractivity contribution < 1.29 is 28.6 Å². The number of carbonyl (C=O) groups is 3. The van der Waals surface area contributed by atoms with Crippen molar-refractivity contribution in [3.05, 3.63) is 26.2 Å². The third kappa shape index (κ3) is 5.19. The van der Waals surface area contributed by atoms with Gasteiger partial charge in [0.1, 0.15) is 0 Å². The third-order valence-corrected chi connectivity index (χ3v) is 5.73. The van der Waals surface area contributed by atoms with Gasteiger partial charge in [-0.3, -0.25) is 14.5 Å². The minimum atomic E-state index is -0.499. The minimum Gasteiger partial charge on any atom is -0.490 e. The Morgan fingerprint density at radius 3 is 2.61 bits per heavy atom. The van der Waals surface area contributed by atoms with Gasteiger partial charge in [0.25, 0.3) is 11.1 Å². The first kappa shape index (κ1) is 22.5. The molecular formula is C19H22INO6S. The van der Waals surface area contributed by atoms with Crippen LogP contribution in [0.3, 0.4) is 0 Å². The number of benzene rings is 1. The molecule has 1 aromatic rings. The molecule has 1 aliphatic heterocycles. The van der Waals surface area contributed by atoms with Crippen LogP contribution in [0.25, 0.3) is 6.08 Å². The van der Waals surface area contributed by atoms with Crippen molar-refractivity contribution >= 4 is 57.5 Å². The maximum Gasteiger partial charge on any atom is 0.343 e. The molecule has 1 atom stereocenters. The van der Waals surface area contributed by atoms with Gasteiger partial charge >= 0.3 is 5.97 Å². The molecule has 0 bridgehead atoms. The molecule has 0 aromatic heterocycles. The first-order valence-corrected chi connectivity index (χ1v) is 10.6. The van der Waals surface area contributed by atoms with Crippen LogP contribution in [-0.2, 0) is 14.3 Å². The van der Waals surface area contributed by atoms with Crippen LogP contribution in [-0.4, -0.2) is 48.4 Å². The van der Waals surface area contributed by atoms with Gasteiger partial charge in [0.15, 0.2) is 18.1 Å². The van der Waals surface area contributed by atoms with Gasteiger partial charge in [0.05, 0.1) is 22.2 Å². The second-order valence-electron chi connectivity index (χ2n) is 5.94. The van der Waals surface area contributed by atoms with Gasteiger partial charge in [-0.05, 0) is 78.4 Å². The number of hydrogen-bond acceptors (Lipinski definition) is 7. The van der Waals surface area contributed by atoms with Crippen LogP contribution in [0.5, 0.6) is 11.5 Å². The number of rotatable bonds is 8. The summed E-state index contributed by atoms with van der Waals surface area (Å²) >= 11 is 3.00. The Morgan fingerprint density at radius 1 is 1.29 bits per heavy atom. The van der Waals surface area contributed by atoms with E-state index in [1.807, 2.05) is 20.8 Å². The van der Waals surface area contributed by atoms with E-state index in [9.17, 15) is 14.4 Å². The fourth-order valence-electron chi connectivity index (χ4n) is 2.46. The topological polar surface area (TPSA) is 82.1 Å². The summed E-state index contributed by atoms with van der Waals surface area (Å²) in [5.41, 5.74) is 0.702. The van der Waals surface area contributed by atoms with Gasteiger partial charge in [-0.1, -0.05) is 6.92 Å². The SMILES string of the molecule is CCOc1cc(/C=C2/SC(=O)N([C@@H](C)CC)C2=O)cc(I)c1OCC(=O)OC. The van der Waals surface area contributed by atoms with Crippen LogP contribution in [0.2, 0.25) is 0 Å². The number of methoxy groups -OCH3 is 1. The summed E-state index contributed by atoms with van der Waals surface area (Å²) in [4.78, 5) is 37.8. The van der Waals surface area contributed by atoms with Crippen molar-refractivity contribution in [3.63, 3.8) is 0 Å². The second-order valence-corrected chi connectivity index (χ2v) is 8.09. The number of amides is 2. The second kappa shape index (κ2) is 10.1. The molecule has 0 saturated carbocycles. The van der Waals surface area contributed by atoms with Gasteiger partial charge in [0.2, 0.25) is 0 Å². The third-order valence-electron chi connectivity index (χ3n) is 4.05. The van der Waals surface area contributed by atoms with E-state index in [1.54, 1.807) is 18.2 Å². The van der Waals surface area contributed by atoms with Crippen molar-refractivity contribution in [3.8, 4) is 11.5 Å². The first-order valence-electron chi connectivity index (χ1n) is 8.75. The van der Waals surface area contributed by atoms with Crippen LogP contribution >= 0.6 is 34.4 Å². The summed E-state index contributed by atoms with van der Waals surface area (Å²) in [6.07, 6.45) is 2.37. The van der Waals surface area contributed by atoms with Crippen molar-refractivity contribution in [2.24, 2.45) is 0 Å². The zero-order chi connectivity index (χ0) is 20.8. The summed E-state index contributed by atoms with van der Waals surface area (Å²) in [5, 5.41) is -0.261. The molecule has 7 nitrogen and oxygen atoms in total. The van der Waals surface area contributed by atoms with E-state index >= 15 is 0 Å². The number of carbonyl (C=O) groups excluding carboxylic acids is 3. The standard InChI is InChI=1S/C19H22INO6S/c1-5-11(3)21-18(23)15(28-19(21)24)9-12-7-13(20)17(14(8-12)26-6-2)27-10-16(22)25-4/h7-9,11H,5-6,10H2,1-4H3/b15-9+/t11-/m0/s1. The van der Waals surface area contributed by atoms with Crippen molar-refractivity contribution in [2.45, 2.75) is 33.2 Å². The number of nitrogens with zero attached hydrogens (tertiary/aromatic N) is 1. The van der Waals surface area contributed by atoms with Crippen molar-refractivity contribution in [1.82, 2.24) is 4.90 Å². The fraction of sp³-hybridized carbons (Fsp3) is 0.421. The van der Waals surface area contributed by atoms with Crippen LogP contribution in [0.4, 0.5) is 4.79 Å². The van der Waals surface area contributed by atoms with E-state index in [2.05, 4.69) is 27.3 Å². The summed E-state index contributed by atoms with van der Waals surface area (Å²) in [6, 6.07) is 3.37. The zero-order valence-electron chi connectivity index (χ0n) is 16.1. The molecule has 152 valence electrons. The van der Waals surface area contributed by atoms with Gasteiger partial charge in [0, 0.05) is 6.04 Å². The molecule has 2 rings (SSSR count). The molecule has 1 fully saturated rings. The quantitative estimate of drug-likeness (QED) is 0.291. The molecule has 2 amide bonds. The highest BCUT2D eigenvalue weighted by molar-refractivity contribution is 14.1. The number of ether oxygens (including phenoxy) is 3. The molecule has 1 aromatic carbocycles. The van der Waals surface area contributed by atoms with Gasteiger partial charge in [-0.25, -0.2) is 4.79 Å². The Bertz CT molecular complexity index is 810. The molecule has 1 heterocycles. The van der Waals surface area contributed by atoms with E-state index in [0.29, 0.717) is 38.6 Å². The van der Waals surface area contributed by atoms with Crippen LogP contribution in [0.1, 0.15) is 32.8 Å². The molecule has 0 radical (unpaired) electrons. The fourth-order valence-corrected chi connectivity index (χ4v) is 4.17. The molecule has 1 aliphatic rings. The maximum atomic E-state index is 12.6. The summed E-state index contributed by atoms with van der Waals surface area (Å²) in [6.45, 7) is 5.78. The Kier molecular flexibility index (Phi) is 8.17. The number of esters is 1. The number of imide groups is 1. The lowest BCUT2D eigenvalue weighted by atomic mass is 10.1. The molecule has 9 heteroatoms. The molecule has 0 unspecified atom stereocenters. The lowest BCUT2D eigenvalue weighted by Crippen LogP contribution is -2.36. The highest BCUT2D eigenvalue weighted by Gasteiger charge is 2.37. The smallest absolute Gasteiger partial charge is 0.343 e.